The Morgan fingerprint density at radius 2 is 1.71 bits per heavy atom. The van der Waals surface area contributed by atoms with E-state index in [-0.39, 0.29) is 17.3 Å². The summed E-state index contributed by atoms with van der Waals surface area (Å²) in [4.78, 5) is 22.4. The molecule has 2 aromatic rings. The number of rotatable bonds is 4. The molecule has 1 aliphatic heterocycles. The van der Waals surface area contributed by atoms with Gasteiger partial charge in [0.15, 0.2) is 5.66 Å². The first-order valence-corrected chi connectivity index (χ1v) is 10.9. The highest BCUT2D eigenvalue weighted by Gasteiger charge is 2.39. The smallest absolute Gasteiger partial charge is 0.234 e. The molecule has 0 bridgehead atoms. The molecule has 0 radical (unpaired) electrons. The molecule has 1 spiro atoms. The van der Waals surface area contributed by atoms with Crippen molar-refractivity contribution in [2.24, 2.45) is 9.98 Å². The van der Waals surface area contributed by atoms with Crippen molar-refractivity contribution in [1.82, 2.24) is 0 Å². The van der Waals surface area contributed by atoms with Gasteiger partial charge in [0.2, 0.25) is 5.91 Å². The van der Waals surface area contributed by atoms with Crippen LogP contribution in [-0.2, 0) is 4.79 Å². The minimum atomic E-state index is -0.329. The molecular formula is C21H19Cl2N3OS. The van der Waals surface area contributed by atoms with Crippen LogP contribution in [0, 0.1) is 0 Å². The predicted octanol–water partition coefficient (Wildman–Crippen LogP) is 5.84. The summed E-state index contributed by atoms with van der Waals surface area (Å²) in [6.07, 6.45) is 4.23. The molecule has 0 atom stereocenters. The Morgan fingerprint density at radius 3 is 2.39 bits per heavy atom. The lowest BCUT2D eigenvalue weighted by Crippen LogP contribution is -2.17. The zero-order valence-corrected chi connectivity index (χ0v) is 17.4. The number of thioether (sulfide) groups is 1. The van der Waals surface area contributed by atoms with Crippen molar-refractivity contribution in [3.63, 3.8) is 0 Å². The third kappa shape index (κ3) is 4.43. The molecule has 144 valence electrons. The Labute approximate surface area is 178 Å². The number of benzene rings is 2. The second-order valence-electron chi connectivity index (χ2n) is 6.93. The average molecular weight is 432 g/mol. The van der Waals surface area contributed by atoms with Crippen LogP contribution in [0.2, 0.25) is 10.0 Å². The normalized spacial score (nSPS) is 17.5. The zero-order chi connectivity index (χ0) is 19.6. The molecule has 1 saturated carbocycles. The molecule has 4 nitrogen and oxygen atoms in total. The number of carbonyl (C=O) groups is 1. The molecule has 1 heterocycles. The number of nitrogens with zero attached hydrogens (tertiary/aromatic N) is 2. The summed E-state index contributed by atoms with van der Waals surface area (Å²) in [6, 6.07) is 15.0. The highest BCUT2D eigenvalue weighted by Crippen LogP contribution is 2.40. The first-order valence-electron chi connectivity index (χ1n) is 9.17. The molecule has 7 heteroatoms. The van der Waals surface area contributed by atoms with E-state index in [1.165, 1.54) is 11.8 Å². The van der Waals surface area contributed by atoms with E-state index in [0.717, 1.165) is 42.0 Å². The lowest BCUT2D eigenvalue weighted by Gasteiger charge is -2.14. The summed E-state index contributed by atoms with van der Waals surface area (Å²) < 4.78 is 0. The summed E-state index contributed by atoms with van der Waals surface area (Å²) in [6.45, 7) is 0. The number of hydrogen-bond donors (Lipinski definition) is 1. The number of carbonyl (C=O) groups excluding carboxylic acids is 1. The Morgan fingerprint density at radius 1 is 1.04 bits per heavy atom. The van der Waals surface area contributed by atoms with Gasteiger partial charge < -0.3 is 5.32 Å². The van der Waals surface area contributed by atoms with Crippen molar-refractivity contribution in [3.05, 3.63) is 64.1 Å². The van der Waals surface area contributed by atoms with E-state index in [9.17, 15) is 4.79 Å². The molecule has 0 aromatic heterocycles. The third-order valence-electron chi connectivity index (χ3n) is 4.77. The Kier molecular flexibility index (Phi) is 5.76. The molecule has 28 heavy (non-hydrogen) atoms. The van der Waals surface area contributed by atoms with E-state index in [1.54, 1.807) is 18.2 Å². The van der Waals surface area contributed by atoms with Gasteiger partial charge in [-0.1, -0.05) is 65.3 Å². The SMILES string of the molecule is O=C(CSC1=NC2(CCCC2)N=C1c1ccccc1)Nc1cc(Cl)cc(Cl)c1. The van der Waals surface area contributed by atoms with Gasteiger partial charge in [-0.05, 0) is 43.9 Å². The highest BCUT2D eigenvalue weighted by atomic mass is 35.5. The summed E-state index contributed by atoms with van der Waals surface area (Å²) in [7, 11) is 0. The Balaban J connectivity index is 1.48. The van der Waals surface area contributed by atoms with Crippen molar-refractivity contribution in [1.29, 1.82) is 0 Å². The number of nitrogens with one attached hydrogen (secondary N) is 1. The van der Waals surface area contributed by atoms with Crippen LogP contribution in [-0.4, -0.2) is 28.1 Å². The fraction of sp³-hybridized carbons (Fsp3) is 0.286. The molecule has 1 N–H and O–H groups in total. The predicted molar refractivity (Wildman–Crippen MR) is 119 cm³/mol. The molecule has 4 rings (SSSR count). The van der Waals surface area contributed by atoms with Crippen molar-refractivity contribution in [2.75, 3.05) is 11.1 Å². The fourth-order valence-electron chi connectivity index (χ4n) is 3.53. The van der Waals surface area contributed by atoms with Crippen LogP contribution in [0.4, 0.5) is 5.69 Å². The van der Waals surface area contributed by atoms with Crippen molar-refractivity contribution >= 4 is 57.3 Å². The molecule has 0 unspecified atom stereocenters. The summed E-state index contributed by atoms with van der Waals surface area (Å²) in [5, 5.41) is 4.65. The zero-order valence-electron chi connectivity index (χ0n) is 15.1. The van der Waals surface area contributed by atoms with E-state index in [4.69, 9.17) is 33.2 Å². The average Bonchev–Trinajstić information content (AvgIpc) is 3.27. The van der Waals surface area contributed by atoms with Crippen molar-refractivity contribution in [2.45, 2.75) is 31.3 Å². The van der Waals surface area contributed by atoms with Gasteiger partial charge in [-0.2, -0.15) is 0 Å². The van der Waals surface area contributed by atoms with Crippen molar-refractivity contribution < 1.29 is 4.79 Å². The standard InChI is InChI=1S/C21H19Cl2N3OS/c22-15-10-16(23)12-17(11-15)24-18(27)13-28-20-19(14-6-2-1-3-7-14)25-21(26-20)8-4-5-9-21/h1-3,6-7,10-12H,4-5,8-9,13H2,(H,24,27). The second kappa shape index (κ2) is 8.27. The first-order chi connectivity index (χ1) is 13.5. The lowest BCUT2D eigenvalue weighted by atomic mass is 10.1. The van der Waals surface area contributed by atoms with Crippen LogP contribution in [0.1, 0.15) is 31.2 Å². The molecule has 1 fully saturated rings. The van der Waals surface area contributed by atoms with Crippen LogP contribution in [0.5, 0.6) is 0 Å². The lowest BCUT2D eigenvalue weighted by molar-refractivity contribution is -0.113. The van der Waals surface area contributed by atoms with Gasteiger partial charge in [-0.25, -0.2) is 4.99 Å². The third-order valence-corrected chi connectivity index (χ3v) is 6.17. The van der Waals surface area contributed by atoms with Crippen LogP contribution >= 0.6 is 35.0 Å². The highest BCUT2D eigenvalue weighted by molar-refractivity contribution is 8.16. The molecular weight excluding hydrogens is 413 g/mol. The summed E-state index contributed by atoms with van der Waals surface area (Å²) >= 11 is 13.4. The van der Waals surface area contributed by atoms with Gasteiger partial charge >= 0.3 is 0 Å². The van der Waals surface area contributed by atoms with E-state index in [1.807, 2.05) is 30.3 Å². The van der Waals surface area contributed by atoms with E-state index >= 15 is 0 Å². The van der Waals surface area contributed by atoms with Crippen molar-refractivity contribution in [3.8, 4) is 0 Å². The van der Waals surface area contributed by atoms with Gasteiger partial charge in [-0.3, -0.25) is 9.79 Å². The quantitative estimate of drug-likeness (QED) is 0.660. The summed E-state index contributed by atoms with van der Waals surface area (Å²) in [5.74, 6) is 0.107. The monoisotopic (exact) mass is 431 g/mol. The van der Waals surface area contributed by atoms with Gasteiger partial charge in [-0.15, -0.1) is 0 Å². The first kappa shape index (κ1) is 19.5. The summed E-state index contributed by atoms with van der Waals surface area (Å²) in [5.41, 5.74) is 2.19. The van der Waals surface area contributed by atoms with Crippen LogP contribution in [0.25, 0.3) is 0 Å². The van der Waals surface area contributed by atoms with Gasteiger partial charge in [0, 0.05) is 21.3 Å². The van der Waals surface area contributed by atoms with Gasteiger partial charge in [0.25, 0.3) is 0 Å². The number of hydrogen-bond acceptors (Lipinski definition) is 4. The molecule has 2 aromatic carbocycles. The molecule has 1 aliphatic carbocycles. The van der Waals surface area contributed by atoms with Crippen LogP contribution < -0.4 is 5.32 Å². The minimum Gasteiger partial charge on any atom is -0.325 e. The van der Waals surface area contributed by atoms with E-state index in [2.05, 4.69) is 5.32 Å². The number of amides is 1. The molecule has 0 saturated heterocycles. The van der Waals surface area contributed by atoms with Crippen LogP contribution in [0.15, 0.2) is 58.5 Å². The fourth-order valence-corrected chi connectivity index (χ4v) is 4.93. The largest absolute Gasteiger partial charge is 0.325 e. The Bertz CT molecular complexity index is 933. The number of aliphatic imine (C=N–C) groups is 2. The molecule has 2 aliphatic rings. The van der Waals surface area contributed by atoms with Gasteiger partial charge in [0.05, 0.1) is 11.5 Å². The van der Waals surface area contributed by atoms with Crippen LogP contribution in [0.3, 0.4) is 0 Å². The maximum Gasteiger partial charge on any atom is 0.234 e. The topological polar surface area (TPSA) is 53.8 Å². The maximum absolute atomic E-state index is 12.4. The van der Waals surface area contributed by atoms with Gasteiger partial charge in [0.1, 0.15) is 5.04 Å². The number of halogens is 2. The maximum atomic E-state index is 12.4. The number of anilines is 1. The Hall–Kier alpha value is -1.82. The second-order valence-corrected chi connectivity index (χ2v) is 8.76. The van der Waals surface area contributed by atoms with E-state index < -0.39 is 0 Å². The van der Waals surface area contributed by atoms with E-state index in [0.29, 0.717) is 15.7 Å². The molecule has 1 amide bonds. The minimum absolute atomic E-state index is 0.134.